The second-order valence-electron chi connectivity index (χ2n) is 4.30. The molecule has 0 radical (unpaired) electrons. The third-order valence-corrected chi connectivity index (χ3v) is 3.22. The first-order chi connectivity index (χ1) is 9.27. The number of carboxylic acid groups (broad SMARTS) is 1. The third kappa shape index (κ3) is 2.92. The lowest BCUT2D eigenvalue weighted by atomic mass is 9.92. The first kappa shape index (κ1) is 16.0. The fourth-order valence-electron chi connectivity index (χ4n) is 1.76. The summed E-state index contributed by atoms with van der Waals surface area (Å²) in [6.45, 7) is 3.12. The number of carbonyl (C=O) groups excluding carboxylic acids is 1. The maximum Gasteiger partial charge on any atom is 0.329 e. The highest BCUT2D eigenvalue weighted by atomic mass is 19.2. The molecule has 0 saturated carbocycles. The van der Waals surface area contributed by atoms with E-state index in [-0.39, 0.29) is 12.8 Å². The standard InChI is InChI=1S/C13H14F3NO3/c1-3-13(4-2,12(19)20)17-11(18)7-5-8(14)10(16)9(15)6-7/h5-6H,3-4H2,1-2H3,(H,17,18)(H,19,20). The highest BCUT2D eigenvalue weighted by Crippen LogP contribution is 2.18. The Morgan fingerprint density at radius 3 is 1.95 bits per heavy atom. The van der Waals surface area contributed by atoms with Crippen LogP contribution in [0.25, 0.3) is 0 Å². The van der Waals surface area contributed by atoms with Crippen molar-refractivity contribution in [2.24, 2.45) is 0 Å². The van der Waals surface area contributed by atoms with E-state index in [0.717, 1.165) is 0 Å². The van der Waals surface area contributed by atoms with E-state index in [0.29, 0.717) is 12.1 Å². The SMILES string of the molecule is CCC(CC)(NC(=O)c1cc(F)c(F)c(F)c1)C(=O)O. The minimum atomic E-state index is -1.68. The summed E-state index contributed by atoms with van der Waals surface area (Å²) in [5.41, 5.74) is -2.01. The van der Waals surface area contributed by atoms with Gasteiger partial charge in [0.1, 0.15) is 5.54 Å². The summed E-state index contributed by atoms with van der Waals surface area (Å²) in [6, 6.07) is 1.04. The van der Waals surface area contributed by atoms with E-state index in [1.165, 1.54) is 0 Å². The van der Waals surface area contributed by atoms with Crippen LogP contribution in [-0.4, -0.2) is 22.5 Å². The molecule has 1 rings (SSSR count). The Hall–Kier alpha value is -2.05. The van der Waals surface area contributed by atoms with Gasteiger partial charge in [-0.3, -0.25) is 4.79 Å². The molecule has 0 aliphatic carbocycles. The Bertz CT molecular complexity index is 519. The molecule has 0 unspecified atom stereocenters. The molecule has 0 fully saturated rings. The number of hydrogen-bond acceptors (Lipinski definition) is 2. The van der Waals surface area contributed by atoms with Crippen LogP contribution in [0.2, 0.25) is 0 Å². The van der Waals surface area contributed by atoms with Crippen molar-refractivity contribution in [1.82, 2.24) is 5.32 Å². The van der Waals surface area contributed by atoms with Gasteiger partial charge in [0.15, 0.2) is 17.5 Å². The number of carboxylic acids is 1. The molecule has 0 bridgehead atoms. The quantitative estimate of drug-likeness (QED) is 0.818. The zero-order valence-corrected chi connectivity index (χ0v) is 11.0. The van der Waals surface area contributed by atoms with E-state index in [9.17, 15) is 22.8 Å². The van der Waals surface area contributed by atoms with Crippen molar-refractivity contribution in [1.29, 1.82) is 0 Å². The maximum absolute atomic E-state index is 13.0. The summed E-state index contributed by atoms with van der Waals surface area (Å²) in [6.07, 6.45) is 0.188. The van der Waals surface area contributed by atoms with Crippen LogP contribution in [0.3, 0.4) is 0 Å². The highest BCUT2D eigenvalue weighted by molar-refractivity contribution is 5.97. The molecule has 0 heterocycles. The Morgan fingerprint density at radius 2 is 1.60 bits per heavy atom. The average molecular weight is 289 g/mol. The molecular formula is C13H14F3NO3. The van der Waals surface area contributed by atoms with Crippen molar-refractivity contribution in [2.45, 2.75) is 32.2 Å². The van der Waals surface area contributed by atoms with Crippen LogP contribution in [-0.2, 0) is 4.79 Å². The maximum atomic E-state index is 13.0. The first-order valence-electron chi connectivity index (χ1n) is 5.97. The van der Waals surface area contributed by atoms with Crippen molar-refractivity contribution < 1.29 is 27.9 Å². The Labute approximate surface area is 113 Å². The fraction of sp³-hybridized carbons (Fsp3) is 0.385. The molecule has 0 aliphatic heterocycles. The minimum Gasteiger partial charge on any atom is -0.480 e. The van der Waals surface area contributed by atoms with Gasteiger partial charge in [0, 0.05) is 5.56 Å². The Balaban J connectivity index is 3.10. The second-order valence-corrected chi connectivity index (χ2v) is 4.30. The highest BCUT2D eigenvalue weighted by Gasteiger charge is 2.36. The number of carbonyl (C=O) groups is 2. The van der Waals surface area contributed by atoms with E-state index in [2.05, 4.69) is 5.32 Å². The van der Waals surface area contributed by atoms with Gasteiger partial charge >= 0.3 is 5.97 Å². The van der Waals surface area contributed by atoms with Gasteiger partial charge in [-0.2, -0.15) is 0 Å². The van der Waals surface area contributed by atoms with E-state index in [1.54, 1.807) is 13.8 Å². The van der Waals surface area contributed by atoms with Gasteiger partial charge in [0.2, 0.25) is 0 Å². The zero-order chi connectivity index (χ0) is 15.5. The summed E-state index contributed by atoms with van der Waals surface area (Å²) in [5.74, 6) is -6.93. The molecule has 1 aromatic rings. The molecule has 0 saturated heterocycles. The molecule has 0 aromatic heterocycles. The Morgan fingerprint density at radius 1 is 1.15 bits per heavy atom. The number of rotatable bonds is 5. The van der Waals surface area contributed by atoms with Crippen LogP contribution in [0.5, 0.6) is 0 Å². The number of halogens is 3. The smallest absolute Gasteiger partial charge is 0.329 e. The van der Waals surface area contributed by atoms with Crippen LogP contribution in [0.1, 0.15) is 37.0 Å². The number of amides is 1. The summed E-state index contributed by atoms with van der Waals surface area (Å²) < 4.78 is 38.9. The predicted octanol–water partition coefficient (Wildman–Crippen LogP) is 2.48. The summed E-state index contributed by atoms with van der Waals surface area (Å²) in [5, 5.41) is 11.4. The molecule has 1 aromatic carbocycles. The lowest BCUT2D eigenvalue weighted by molar-refractivity contribution is -0.144. The van der Waals surface area contributed by atoms with E-state index in [1.807, 2.05) is 0 Å². The largest absolute Gasteiger partial charge is 0.480 e. The van der Waals surface area contributed by atoms with Crippen molar-refractivity contribution >= 4 is 11.9 Å². The average Bonchev–Trinajstić information content (AvgIpc) is 2.41. The third-order valence-electron chi connectivity index (χ3n) is 3.22. The van der Waals surface area contributed by atoms with Crippen LogP contribution in [0.15, 0.2) is 12.1 Å². The topological polar surface area (TPSA) is 66.4 Å². The van der Waals surface area contributed by atoms with Gasteiger partial charge in [-0.25, -0.2) is 18.0 Å². The van der Waals surface area contributed by atoms with Crippen molar-refractivity contribution in [3.63, 3.8) is 0 Å². The summed E-state index contributed by atoms with van der Waals surface area (Å²) >= 11 is 0. The van der Waals surface area contributed by atoms with Gasteiger partial charge in [-0.1, -0.05) is 13.8 Å². The first-order valence-corrected chi connectivity index (χ1v) is 5.97. The van der Waals surface area contributed by atoms with Gasteiger partial charge in [0.05, 0.1) is 0 Å². The van der Waals surface area contributed by atoms with E-state index < -0.39 is 40.4 Å². The minimum absolute atomic E-state index is 0.0940. The molecule has 1 amide bonds. The molecule has 7 heteroatoms. The van der Waals surface area contributed by atoms with Crippen LogP contribution >= 0.6 is 0 Å². The monoisotopic (exact) mass is 289 g/mol. The Kier molecular flexibility index (Phi) is 4.75. The molecule has 0 spiro atoms. The summed E-state index contributed by atoms with van der Waals surface area (Å²) in [7, 11) is 0. The molecule has 110 valence electrons. The van der Waals surface area contributed by atoms with Gasteiger partial charge in [-0.15, -0.1) is 0 Å². The van der Waals surface area contributed by atoms with Crippen molar-refractivity contribution in [2.75, 3.05) is 0 Å². The molecule has 2 N–H and O–H groups in total. The molecular weight excluding hydrogens is 275 g/mol. The van der Waals surface area contributed by atoms with Crippen molar-refractivity contribution in [3.8, 4) is 0 Å². The molecule has 20 heavy (non-hydrogen) atoms. The zero-order valence-electron chi connectivity index (χ0n) is 11.0. The molecule has 0 atom stereocenters. The number of benzene rings is 1. The van der Waals surface area contributed by atoms with E-state index >= 15 is 0 Å². The van der Waals surface area contributed by atoms with Crippen molar-refractivity contribution in [3.05, 3.63) is 35.1 Å². The lowest BCUT2D eigenvalue weighted by Gasteiger charge is -2.28. The van der Waals surface area contributed by atoms with Gasteiger partial charge in [0.25, 0.3) is 5.91 Å². The van der Waals surface area contributed by atoms with Crippen LogP contribution in [0.4, 0.5) is 13.2 Å². The fourth-order valence-corrected chi connectivity index (χ4v) is 1.76. The number of aliphatic carboxylic acids is 1. The van der Waals surface area contributed by atoms with Crippen LogP contribution < -0.4 is 5.32 Å². The number of hydrogen-bond donors (Lipinski definition) is 2. The van der Waals surface area contributed by atoms with Gasteiger partial charge < -0.3 is 10.4 Å². The van der Waals surface area contributed by atoms with Crippen LogP contribution in [0, 0.1) is 17.5 Å². The normalized spacial score (nSPS) is 11.2. The number of nitrogens with one attached hydrogen (secondary N) is 1. The molecule has 4 nitrogen and oxygen atoms in total. The van der Waals surface area contributed by atoms with Gasteiger partial charge in [-0.05, 0) is 25.0 Å². The second kappa shape index (κ2) is 5.94. The summed E-state index contributed by atoms with van der Waals surface area (Å²) in [4.78, 5) is 23.1. The lowest BCUT2D eigenvalue weighted by Crippen LogP contribution is -2.53. The predicted molar refractivity (Wildman–Crippen MR) is 64.7 cm³/mol. The molecule has 0 aliphatic rings. The van der Waals surface area contributed by atoms with E-state index in [4.69, 9.17) is 5.11 Å².